The van der Waals surface area contributed by atoms with Crippen molar-refractivity contribution >= 4 is 0 Å². The molecule has 0 amide bonds. The van der Waals surface area contributed by atoms with Gasteiger partial charge in [0.05, 0.1) is 12.3 Å². The summed E-state index contributed by atoms with van der Waals surface area (Å²) in [4.78, 5) is 12.5. The van der Waals surface area contributed by atoms with Gasteiger partial charge in [-0.2, -0.15) is 0 Å². The molecule has 0 fully saturated rings. The Balaban J connectivity index is 2.46. The van der Waals surface area contributed by atoms with Crippen LogP contribution >= 0.6 is 0 Å². The topological polar surface area (TPSA) is 57.2 Å². The Morgan fingerprint density at radius 3 is 2.59 bits per heavy atom. The van der Waals surface area contributed by atoms with Gasteiger partial charge in [-0.3, -0.25) is 4.79 Å². The standard InChI is InChI=1S/C18H24N2O2/c1-5-11-22-14-8-6-7-13(12-14)16-10-9-15(18(2,3)19)17(21)20(16)4/h6-10,12H,5,11,19H2,1-4H3. The van der Waals surface area contributed by atoms with Crippen LogP contribution in [0, 0.1) is 0 Å². The van der Waals surface area contributed by atoms with Gasteiger partial charge in [-0.15, -0.1) is 0 Å². The van der Waals surface area contributed by atoms with Crippen LogP contribution in [0.5, 0.6) is 5.75 Å². The van der Waals surface area contributed by atoms with Crippen LogP contribution < -0.4 is 16.0 Å². The van der Waals surface area contributed by atoms with Gasteiger partial charge < -0.3 is 15.0 Å². The summed E-state index contributed by atoms with van der Waals surface area (Å²) < 4.78 is 7.30. The molecule has 4 nitrogen and oxygen atoms in total. The minimum atomic E-state index is -0.653. The third-order valence-corrected chi connectivity index (χ3v) is 3.60. The number of ether oxygens (including phenoxy) is 1. The van der Waals surface area contributed by atoms with Crippen molar-refractivity contribution in [3.63, 3.8) is 0 Å². The zero-order chi connectivity index (χ0) is 16.3. The Kier molecular flexibility index (Phi) is 4.71. The third kappa shape index (κ3) is 3.39. The van der Waals surface area contributed by atoms with Crippen molar-refractivity contribution in [1.29, 1.82) is 0 Å². The van der Waals surface area contributed by atoms with Gasteiger partial charge in [0.25, 0.3) is 5.56 Å². The van der Waals surface area contributed by atoms with E-state index in [1.54, 1.807) is 11.6 Å². The summed E-state index contributed by atoms with van der Waals surface area (Å²) in [6.45, 7) is 6.43. The van der Waals surface area contributed by atoms with Crippen molar-refractivity contribution < 1.29 is 4.74 Å². The molecule has 118 valence electrons. The molecule has 0 unspecified atom stereocenters. The van der Waals surface area contributed by atoms with E-state index in [2.05, 4.69) is 6.92 Å². The van der Waals surface area contributed by atoms with Crippen LogP contribution in [0.2, 0.25) is 0 Å². The lowest BCUT2D eigenvalue weighted by Crippen LogP contribution is -2.37. The van der Waals surface area contributed by atoms with E-state index in [1.165, 1.54) is 0 Å². The largest absolute Gasteiger partial charge is 0.494 e. The predicted octanol–water partition coefficient (Wildman–Crippen LogP) is 3.03. The first-order valence-corrected chi connectivity index (χ1v) is 7.57. The molecule has 0 aliphatic rings. The zero-order valence-electron chi connectivity index (χ0n) is 13.7. The molecule has 0 radical (unpaired) electrons. The van der Waals surface area contributed by atoms with E-state index in [-0.39, 0.29) is 5.56 Å². The quantitative estimate of drug-likeness (QED) is 0.923. The van der Waals surface area contributed by atoms with Crippen molar-refractivity contribution in [2.45, 2.75) is 32.7 Å². The van der Waals surface area contributed by atoms with Crippen LogP contribution in [-0.2, 0) is 12.6 Å². The SMILES string of the molecule is CCCOc1cccc(-c2ccc(C(C)(C)N)c(=O)n2C)c1. The van der Waals surface area contributed by atoms with Crippen molar-refractivity contribution in [1.82, 2.24) is 4.57 Å². The van der Waals surface area contributed by atoms with Crippen LogP contribution in [0.25, 0.3) is 11.3 Å². The van der Waals surface area contributed by atoms with Gasteiger partial charge in [-0.05, 0) is 44.5 Å². The second-order valence-corrected chi connectivity index (χ2v) is 6.09. The van der Waals surface area contributed by atoms with Gasteiger partial charge in [0, 0.05) is 23.7 Å². The molecule has 2 rings (SSSR count). The zero-order valence-corrected chi connectivity index (χ0v) is 13.7. The molecular formula is C18H24N2O2. The predicted molar refractivity (Wildman–Crippen MR) is 90.1 cm³/mol. The maximum absolute atomic E-state index is 12.5. The first kappa shape index (κ1) is 16.3. The van der Waals surface area contributed by atoms with Crippen LogP contribution in [0.3, 0.4) is 0 Å². The molecule has 0 saturated carbocycles. The lowest BCUT2D eigenvalue weighted by Gasteiger charge is -2.20. The maximum atomic E-state index is 12.5. The number of hydrogen-bond donors (Lipinski definition) is 1. The van der Waals surface area contributed by atoms with Gasteiger partial charge in [0.2, 0.25) is 0 Å². The molecule has 0 saturated heterocycles. The fourth-order valence-corrected chi connectivity index (χ4v) is 2.38. The highest BCUT2D eigenvalue weighted by Crippen LogP contribution is 2.24. The molecule has 1 aromatic carbocycles. The van der Waals surface area contributed by atoms with E-state index in [0.29, 0.717) is 12.2 Å². The molecule has 0 spiro atoms. The molecule has 22 heavy (non-hydrogen) atoms. The Bertz CT molecular complexity index is 712. The second-order valence-electron chi connectivity index (χ2n) is 6.09. The molecule has 0 aliphatic heterocycles. The lowest BCUT2D eigenvalue weighted by atomic mass is 9.96. The number of benzene rings is 1. The molecule has 2 aromatic rings. The number of pyridine rings is 1. The van der Waals surface area contributed by atoms with Gasteiger partial charge in [-0.25, -0.2) is 0 Å². The van der Waals surface area contributed by atoms with Crippen LogP contribution in [0.4, 0.5) is 0 Å². The van der Waals surface area contributed by atoms with E-state index in [9.17, 15) is 4.79 Å². The number of aromatic nitrogens is 1. The Hall–Kier alpha value is -2.07. The Morgan fingerprint density at radius 2 is 1.95 bits per heavy atom. The number of rotatable bonds is 5. The van der Waals surface area contributed by atoms with Crippen molar-refractivity contribution in [2.24, 2.45) is 12.8 Å². The molecule has 0 atom stereocenters. The summed E-state index contributed by atoms with van der Waals surface area (Å²) in [5, 5.41) is 0. The highest BCUT2D eigenvalue weighted by Gasteiger charge is 2.20. The Labute approximate surface area is 131 Å². The van der Waals surface area contributed by atoms with Crippen molar-refractivity contribution in [3.05, 3.63) is 52.3 Å². The highest BCUT2D eigenvalue weighted by molar-refractivity contribution is 5.62. The highest BCUT2D eigenvalue weighted by atomic mass is 16.5. The average Bonchev–Trinajstić information content (AvgIpc) is 2.47. The summed E-state index contributed by atoms with van der Waals surface area (Å²) in [7, 11) is 1.77. The van der Waals surface area contributed by atoms with E-state index in [0.717, 1.165) is 23.4 Å². The van der Waals surface area contributed by atoms with Crippen molar-refractivity contribution in [3.8, 4) is 17.0 Å². The molecule has 2 N–H and O–H groups in total. The first-order valence-electron chi connectivity index (χ1n) is 7.57. The summed E-state index contributed by atoms with van der Waals surface area (Å²) >= 11 is 0. The average molecular weight is 300 g/mol. The molecule has 1 aromatic heterocycles. The van der Waals surface area contributed by atoms with Gasteiger partial charge in [0.1, 0.15) is 5.75 Å². The number of nitrogens with two attached hydrogens (primary N) is 1. The minimum absolute atomic E-state index is 0.0649. The van der Waals surface area contributed by atoms with Gasteiger partial charge in [0.15, 0.2) is 0 Å². The molecular weight excluding hydrogens is 276 g/mol. The smallest absolute Gasteiger partial charge is 0.255 e. The number of hydrogen-bond acceptors (Lipinski definition) is 3. The van der Waals surface area contributed by atoms with E-state index in [4.69, 9.17) is 10.5 Å². The summed E-state index contributed by atoms with van der Waals surface area (Å²) in [6, 6.07) is 11.5. The fourth-order valence-electron chi connectivity index (χ4n) is 2.38. The monoisotopic (exact) mass is 300 g/mol. The summed E-state index contributed by atoms with van der Waals surface area (Å²) in [5.41, 5.74) is 7.75. The lowest BCUT2D eigenvalue weighted by molar-refractivity contribution is 0.317. The van der Waals surface area contributed by atoms with Crippen molar-refractivity contribution in [2.75, 3.05) is 6.61 Å². The molecule has 0 bridgehead atoms. The van der Waals surface area contributed by atoms with Crippen LogP contribution in [0.1, 0.15) is 32.8 Å². The summed E-state index contributed by atoms with van der Waals surface area (Å²) in [6.07, 6.45) is 0.961. The normalized spacial score (nSPS) is 11.5. The first-order chi connectivity index (χ1) is 10.3. The maximum Gasteiger partial charge on any atom is 0.255 e. The summed E-state index contributed by atoms with van der Waals surface area (Å²) in [5.74, 6) is 0.815. The van der Waals surface area contributed by atoms with Crippen LogP contribution in [0.15, 0.2) is 41.2 Å². The van der Waals surface area contributed by atoms with E-state index < -0.39 is 5.54 Å². The van der Waals surface area contributed by atoms with Crippen LogP contribution in [-0.4, -0.2) is 11.2 Å². The molecule has 4 heteroatoms. The molecule has 0 aliphatic carbocycles. The molecule has 1 heterocycles. The second kappa shape index (κ2) is 6.36. The van der Waals surface area contributed by atoms with Gasteiger partial charge in [-0.1, -0.05) is 19.1 Å². The van der Waals surface area contributed by atoms with E-state index in [1.807, 2.05) is 50.2 Å². The van der Waals surface area contributed by atoms with Gasteiger partial charge >= 0.3 is 0 Å². The minimum Gasteiger partial charge on any atom is -0.494 e. The van der Waals surface area contributed by atoms with E-state index >= 15 is 0 Å². The third-order valence-electron chi connectivity index (χ3n) is 3.60. The number of nitrogens with zero attached hydrogens (tertiary/aromatic N) is 1. The fraction of sp³-hybridized carbons (Fsp3) is 0.389. The Morgan fingerprint density at radius 1 is 1.23 bits per heavy atom.